The van der Waals surface area contributed by atoms with Gasteiger partial charge in [0.15, 0.2) is 0 Å². The molecule has 4 heterocycles. The molecule has 2 atom stereocenters. The molecule has 1 fully saturated rings. The Labute approximate surface area is 213 Å². The summed E-state index contributed by atoms with van der Waals surface area (Å²) in [4.78, 5) is 35.7. The van der Waals surface area contributed by atoms with Gasteiger partial charge in [0, 0.05) is 31.2 Å². The lowest BCUT2D eigenvalue weighted by Gasteiger charge is -2.25. The molecule has 0 spiro atoms. The summed E-state index contributed by atoms with van der Waals surface area (Å²) in [7, 11) is 0. The van der Waals surface area contributed by atoms with Crippen molar-refractivity contribution in [3.8, 4) is 0 Å². The molecule has 2 aromatic rings. The summed E-state index contributed by atoms with van der Waals surface area (Å²) in [6, 6.07) is 7.14. The minimum absolute atomic E-state index is 0.171. The largest absolute Gasteiger partial charge is 0.480 e. The molecule has 1 amide bonds. The zero-order valence-corrected chi connectivity index (χ0v) is 21.1. The average molecular weight is 494 g/mol. The van der Waals surface area contributed by atoms with Gasteiger partial charge in [-0.2, -0.15) is 0 Å². The minimum atomic E-state index is -0.952. The van der Waals surface area contributed by atoms with Crippen LogP contribution in [-0.2, 0) is 29.0 Å². The Morgan fingerprint density at radius 2 is 2.00 bits per heavy atom. The van der Waals surface area contributed by atoms with Gasteiger partial charge in [-0.25, -0.2) is 9.78 Å². The molecule has 0 saturated carbocycles. The Balaban J connectivity index is 1.14. The fourth-order valence-electron chi connectivity index (χ4n) is 5.26. The number of carboxylic acid groups (broad SMARTS) is 1. The van der Waals surface area contributed by atoms with Crippen LogP contribution >= 0.6 is 0 Å². The Kier molecular flexibility index (Phi) is 9.67. The van der Waals surface area contributed by atoms with Crippen LogP contribution in [0, 0.1) is 0 Å². The number of amides is 1. The minimum Gasteiger partial charge on any atom is -0.480 e. The third kappa shape index (κ3) is 7.50. The topological polar surface area (TPSA) is 107 Å². The van der Waals surface area contributed by atoms with Crippen molar-refractivity contribution in [1.29, 1.82) is 0 Å². The van der Waals surface area contributed by atoms with Crippen LogP contribution in [-0.4, -0.2) is 57.0 Å². The number of aryl methyl sites for hydroxylation is 2. The van der Waals surface area contributed by atoms with Crippen LogP contribution in [0.1, 0.15) is 74.6 Å². The van der Waals surface area contributed by atoms with Gasteiger partial charge in [-0.1, -0.05) is 37.8 Å². The summed E-state index contributed by atoms with van der Waals surface area (Å²) in [5.41, 5.74) is 3.52. The zero-order valence-electron chi connectivity index (χ0n) is 21.1. The second-order valence-corrected chi connectivity index (χ2v) is 10.0. The predicted octanol–water partition coefficient (Wildman–Crippen LogP) is 3.95. The van der Waals surface area contributed by atoms with E-state index in [1.807, 2.05) is 18.3 Å². The number of rotatable bonds is 13. The summed E-state index contributed by atoms with van der Waals surface area (Å²) in [6.45, 7) is 2.49. The predicted molar refractivity (Wildman–Crippen MR) is 140 cm³/mol. The SMILES string of the molecule is O=C(O)[C@H](CCCCCCCc1ccc2c(n1)NCCC2)NC(=O)[C@@H]1CCCN1Cc1cccnc1. The Bertz CT molecular complexity index is 1000. The van der Waals surface area contributed by atoms with Crippen molar-refractivity contribution in [3.63, 3.8) is 0 Å². The van der Waals surface area contributed by atoms with E-state index in [9.17, 15) is 14.7 Å². The van der Waals surface area contributed by atoms with E-state index in [1.54, 1.807) is 6.20 Å². The van der Waals surface area contributed by atoms with Gasteiger partial charge in [0.25, 0.3) is 0 Å². The number of fused-ring (bicyclic) bond motifs is 1. The monoisotopic (exact) mass is 493 g/mol. The van der Waals surface area contributed by atoms with Gasteiger partial charge in [-0.3, -0.25) is 14.7 Å². The molecule has 1 saturated heterocycles. The van der Waals surface area contributed by atoms with Gasteiger partial charge in [-0.15, -0.1) is 0 Å². The summed E-state index contributed by atoms with van der Waals surface area (Å²) in [5, 5.41) is 15.9. The highest BCUT2D eigenvalue weighted by molar-refractivity contribution is 5.87. The van der Waals surface area contributed by atoms with E-state index in [4.69, 9.17) is 4.98 Å². The van der Waals surface area contributed by atoms with Gasteiger partial charge in [-0.05, 0) is 74.8 Å². The summed E-state index contributed by atoms with van der Waals surface area (Å²) >= 11 is 0. The molecule has 0 radical (unpaired) electrons. The maximum atomic E-state index is 12.9. The number of anilines is 1. The molecule has 8 heteroatoms. The maximum absolute atomic E-state index is 12.9. The highest BCUT2D eigenvalue weighted by atomic mass is 16.4. The first-order valence-electron chi connectivity index (χ1n) is 13.5. The van der Waals surface area contributed by atoms with Crippen LogP contribution in [0.3, 0.4) is 0 Å². The fraction of sp³-hybridized carbons (Fsp3) is 0.571. The van der Waals surface area contributed by atoms with E-state index in [0.29, 0.717) is 13.0 Å². The van der Waals surface area contributed by atoms with E-state index >= 15 is 0 Å². The molecule has 2 aliphatic heterocycles. The molecule has 8 nitrogen and oxygen atoms in total. The van der Waals surface area contributed by atoms with Crippen LogP contribution in [0.15, 0.2) is 36.7 Å². The first-order valence-corrected chi connectivity index (χ1v) is 13.5. The number of unbranched alkanes of at least 4 members (excludes halogenated alkanes) is 4. The highest BCUT2D eigenvalue weighted by Crippen LogP contribution is 2.22. The molecular weight excluding hydrogens is 454 g/mol. The quantitative estimate of drug-likeness (QED) is 0.363. The molecule has 4 rings (SSSR count). The first-order chi connectivity index (χ1) is 17.6. The lowest BCUT2D eigenvalue weighted by Crippen LogP contribution is -2.49. The van der Waals surface area contributed by atoms with Gasteiger partial charge in [0.1, 0.15) is 11.9 Å². The number of nitrogens with zero attached hydrogens (tertiary/aromatic N) is 3. The van der Waals surface area contributed by atoms with Crippen molar-refractivity contribution >= 4 is 17.7 Å². The van der Waals surface area contributed by atoms with Gasteiger partial charge < -0.3 is 15.7 Å². The van der Waals surface area contributed by atoms with Gasteiger partial charge >= 0.3 is 5.97 Å². The lowest BCUT2D eigenvalue weighted by atomic mass is 10.0. The number of pyridine rings is 2. The number of carbonyl (C=O) groups is 2. The van der Waals surface area contributed by atoms with Crippen LogP contribution in [0.4, 0.5) is 5.82 Å². The molecule has 2 aromatic heterocycles. The number of nitrogens with one attached hydrogen (secondary N) is 2. The second kappa shape index (κ2) is 13.3. The zero-order chi connectivity index (χ0) is 25.2. The van der Waals surface area contributed by atoms with E-state index in [2.05, 4.69) is 32.7 Å². The van der Waals surface area contributed by atoms with Crippen molar-refractivity contribution in [2.45, 2.75) is 89.3 Å². The molecule has 0 bridgehead atoms. The third-order valence-electron chi connectivity index (χ3n) is 7.27. The smallest absolute Gasteiger partial charge is 0.326 e. The summed E-state index contributed by atoms with van der Waals surface area (Å²) < 4.78 is 0. The molecule has 0 aliphatic carbocycles. The fourth-order valence-corrected chi connectivity index (χ4v) is 5.26. The molecule has 3 N–H and O–H groups in total. The number of carboxylic acids is 1. The number of hydrogen-bond donors (Lipinski definition) is 3. The van der Waals surface area contributed by atoms with Crippen LogP contribution < -0.4 is 10.6 Å². The third-order valence-corrected chi connectivity index (χ3v) is 7.27. The van der Waals surface area contributed by atoms with Crippen molar-refractivity contribution in [2.24, 2.45) is 0 Å². The van der Waals surface area contributed by atoms with Crippen LogP contribution in [0.2, 0.25) is 0 Å². The molecule has 0 aromatic carbocycles. The number of hydrogen-bond acceptors (Lipinski definition) is 6. The lowest BCUT2D eigenvalue weighted by molar-refractivity contribution is -0.142. The Morgan fingerprint density at radius 1 is 1.14 bits per heavy atom. The molecule has 194 valence electrons. The van der Waals surface area contributed by atoms with E-state index in [-0.39, 0.29) is 11.9 Å². The molecule has 2 aliphatic rings. The second-order valence-electron chi connectivity index (χ2n) is 10.0. The Morgan fingerprint density at radius 3 is 2.83 bits per heavy atom. The van der Waals surface area contributed by atoms with Crippen molar-refractivity contribution in [3.05, 3.63) is 53.5 Å². The molecular formula is C28H39N5O3. The number of aromatic nitrogens is 2. The highest BCUT2D eigenvalue weighted by Gasteiger charge is 2.32. The van der Waals surface area contributed by atoms with Gasteiger partial charge in [0.05, 0.1) is 6.04 Å². The van der Waals surface area contributed by atoms with Crippen LogP contribution in [0.5, 0.6) is 0 Å². The average Bonchev–Trinajstić information content (AvgIpc) is 3.36. The van der Waals surface area contributed by atoms with E-state index in [0.717, 1.165) is 88.0 Å². The van der Waals surface area contributed by atoms with E-state index in [1.165, 1.54) is 12.0 Å². The van der Waals surface area contributed by atoms with Crippen molar-refractivity contribution in [2.75, 3.05) is 18.4 Å². The normalized spacial score (nSPS) is 18.3. The van der Waals surface area contributed by atoms with E-state index < -0.39 is 12.0 Å². The summed E-state index contributed by atoms with van der Waals surface area (Å²) in [5.74, 6) is -0.0682. The Hall–Kier alpha value is -3.00. The maximum Gasteiger partial charge on any atom is 0.326 e. The summed E-state index contributed by atoms with van der Waals surface area (Å²) in [6.07, 6.45) is 14.0. The standard InChI is InChI=1S/C28H39N5O3/c34-27(25-13-8-18-33(25)20-21-9-6-16-29-19-21)32-24(28(35)36)12-5-3-1-2-4-11-23-15-14-22-10-7-17-30-26(22)31-23/h6,9,14-16,19,24-25H,1-5,7-8,10-13,17-18,20H2,(H,30,31)(H,32,34)(H,35,36)/t24-,25-/m0/s1. The number of carbonyl (C=O) groups excluding carboxylic acids is 1. The first kappa shape index (κ1) is 26.1. The van der Waals surface area contributed by atoms with Crippen LogP contribution in [0.25, 0.3) is 0 Å². The van der Waals surface area contributed by atoms with Crippen molar-refractivity contribution in [1.82, 2.24) is 20.2 Å². The molecule has 0 unspecified atom stereocenters. The van der Waals surface area contributed by atoms with Gasteiger partial charge in [0.2, 0.25) is 5.91 Å². The number of aliphatic carboxylic acids is 1. The molecule has 36 heavy (non-hydrogen) atoms. The van der Waals surface area contributed by atoms with Crippen molar-refractivity contribution < 1.29 is 14.7 Å². The number of likely N-dealkylation sites (tertiary alicyclic amines) is 1.